The molecular weight excluding hydrogens is 336 g/mol. The first-order chi connectivity index (χ1) is 11.6. The Bertz CT molecular complexity index is 892. The number of carbonyl (C=O) groups is 1. The fourth-order valence-corrected chi connectivity index (χ4v) is 2.68. The lowest BCUT2D eigenvalue weighted by Gasteiger charge is -2.12. The Labute approximate surface area is 153 Å². The second-order valence-corrected chi connectivity index (χ2v) is 5.71. The van der Waals surface area contributed by atoms with Crippen LogP contribution in [0.1, 0.15) is 28.5 Å². The van der Waals surface area contributed by atoms with E-state index in [2.05, 4.69) is 29.4 Å². The fraction of sp³-hybridized carbons (Fsp3) is 0.200. The van der Waals surface area contributed by atoms with E-state index in [1.54, 1.807) is 19.1 Å². The molecule has 3 aromatic rings. The molecule has 4 nitrogen and oxygen atoms in total. The van der Waals surface area contributed by atoms with Gasteiger partial charge >= 0.3 is 5.97 Å². The van der Waals surface area contributed by atoms with Crippen LogP contribution in [0.3, 0.4) is 0 Å². The van der Waals surface area contributed by atoms with Gasteiger partial charge in [0, 0.05) is 22.5 Å². The lowest BCUT2D eigenvalue weighted by atomic mass is 10.1. The monoisotopic (exact) mass is 356 g/mol. The van der Waals surface area contributed by atoms with Crippen LogP contribution in [0.15, 0.2) is 48.5 Å². The zero-order valence-corrected chi connectivity index (χ0v) is 15.3. The molecule has 0 amide bonds. The molecule has 0 bridgehead atoms. The Morgan fingerprint density at radius 2 is 1.84 bits per heavy atom. The van der Waals surface area contributed by atoms with Crippen molar-refractivity contribution in [2.75, 3.05) is 11.9 Å². The second-order valence-electron chi connectivity index (χ2n) is 5.71. The summed E-state index contributed by atoms with van der Waals surface area (Å²) in [5.74, 6) is -0.301. The van der Waals surface area contributed by atoms with E-state index in [0.717, 1.165) is 33.5 Å². The van der Waals surface area contributed by atoms with Gasteiger partial charge in [0.25, 0.3) is 0 Å². The molecule has 0 radical (unpaired) electrons. The number of pyridine rings is 1. The minimum absolute atomic E-state index is 0. The fourth-order valence-electron chi connectivity index (χ4n) is 2.68. The van der Waals surface area contributed by atoms with Gasteiger partial charge in [0.2, 0.25) is 0 Å². The van der Waals surface area contributed by atoms with E-state index in [0.29, 0.717) is 12.2 Å². The molecule has 0 aliphatic rings. The third-order valence-electron chi connectivity index (χ3n) is 3.84. The lowest BCUT2D eigenvalue weighted by molar-refractivity contribution is 0.0526. The summed E-state index contributed by atoms with van der Waals surface area (Å²) in [5.41, 5.74) is 5.58. The van der Waals surface area contributed by atoms with Crippen molar-refractivity contribution < 1.29 is 9.53 Å². The van der Waals surface area contributed by atoms with Crippen LogP contribution in [-0.4, -0.2) is 17.6 Å². The van der Waals surface area contributed by atoms with Crippen LogP contribution in [0.25, 0.3) is 10.9 Å². The maximum atomic E-state index is 11.7. The number of benzene rings is 2. The Hall–Kier alpha value is -2.59. The summed E-state index contributed by atoms with van der Waals surface area (Å²) in [6.07, 6.45) is 0. The van der Waals surface area contributed by atoms with Crippen LogP contribution >= 0.6 is 12.4 Å². The number of anilines is 2. The molecule has 25 heavy (non-hydrogen) atoms. The quantitative estimate of drug-likeness (QED) is 0.653. The molecule has 0 atom stereocenters. The number of nitrogens with one attached hydrogen (secondary N) is 1. The number of hydrogen-bond acceptors (Lipinski definition) is 4. The van der Waals surface area contributed by atoms with Gasteiger partial charge in [-0.1, -0.05) is 18.2 Å². The lowest BCUT2D eigenvalue weighted by Crippen LogP contribution is -2.04. The first kappa shape index (κ1) is 18.7. The van der Waals surface area contributed by atoms with Crippen LogP contribution < -0.4 is 5.32 Å². The number of hydrogen-bond donors (Lipinski definition) is 1. The van der Waals surface area contributed by atoms with Crippen LogP contribution in [0, 0.1) is 13.8 Å². The molecule has 0 saturated heterocycles. The maximum absolute atomic E-state index is 11.7. The van der Waals surface area contributed by atoms with Gasteiger partial charge in [0.05, 0.1) is 17.7 Å². The van der Waals surface area contributed by atoms with E-state index in [1.165, 1.54) is 0 Å². The van der Waals surface area contributed by atoms with Crippen molar-refractivity contribution in [2.45, 2.75) is 20.8 Å². The van der Waals surface area contributed by atoms with Crippen molar-refractivity contribution in [1.82, 2.24) is 4.98 Å². The molecule has 0 unspecified atom stereocenters. The third kappa shape index (κ3) is 4.09. The van der Waals surface area contributed by atoms with Gasteiger partial charge in [0.15, 0.2) is 0 Å². The zero-order valence-electron chi connectivity index (χ0n) is 14.5. The number of esters is 1. The van der Waals surface area contributed by atoms with Crippen molar-refractivity contribution in [3.63, 3.8) is 0 Å². The number of para-hydroxylation sites is 1. The molecular formula is C20H21ClN2O2. The predicted molar refractivity (Wildman–Crippen MR) is 104 cm³/mol. The minimum Gasteiger partial charge on any atom is -0.462 e. The first-order valence-electron chi connectivity index (χ1n) is 7.99. The molecule has 1 aromatic heterocycles. The molecule has 0 spiro atoms. The van der Waals surface area contributed by atoms with Crippen LogP contribution in [0.2, 0.25) is 0 Å². The summed E-state index contributed by atoms with van der Waals surface area (Å²) >= 11 is 0. The van der Waals surface area contributed by atoms with E-state index in [1.807, 2.05) is 31.2 Å². The molecule has 3 rings (SSSR count). The van der Waals surface area contributed by atoms with Gasteiger partial charge in [-0.15, -0.1) is 12.4 Å². The predicted octanol–water partition coefficient (Wildman–Crippen LogP) is 5.19. The molecule has 1 heterocycles. The average molecular weight is 357 g/mol. The largest absolute Gasteiger partial charge is 0.462 e. The van der Waals surface area contributed by atoms with Crippen molar-refractivity contribution in [2.24, 2.45) is 0 Å². The van der Waals surface area contributed by atoms with Crippen molar-refractivity contribution in [3.05, 3.63) is 65.4 Å². The van der Waals surface area contributed by atoms with Crippen LogP contribution in [0.4, 0.5) is 11.4 Å². The highest BCUT2D eigenvalue weighted by atomic mass is 35.5. The van der Waals surface area contributed by atoms with Gasteiger partial charge in [-0.3, -0.25) is 4.98 Å². The number of fused-ring (bicyclic) bond motifs is 1. The highest BCUT2D eigenvalue weighted by Gasteiger charge is 2.08. The molecule has 0 saturated carbocycles. The van der Waals surface area contributed by atoms with E-state index in [-0.39, 0.29) is 18.4 Å². The third-order valence-corrected chi connectivity index (χ3v) is 3.84. The van der Waals surface area contributed by atoms with Gasteiger partial charge in [0.1, 0.15) is 0 Å². The number of halogens is 1. The van der Waals surface area contributed by atoms with Crippen molar-refractivity contribution in [1.29, 1.82) is 0 Å². The summed E-state index contributed by atoms with van der Waals surface area (Å²) in [7, 11) is 0. The smallest absolute Gasteiger partial charge is 0.338 e. The van der Waals surface area contributed by atoms with Crippen LogP contribution in [-0.2, 0) is 4.74 Å². The second kappa shape index (κ2) is 7.99. The Balaban J connectivity index is 0.00000225. The molecule has 5 heteroatoms. The molecule has 0 fully saturated rings. The van der Waals surface area contributed by atoms with Gasteiger partial charge in [-0.25, -0.2) is 4.79 Å². The van der Waals surface area contributed by atoms with Gasteiger partial charge in [-0.2, -0.15) is 0 Å². The van der Waals surface area contributed by atoms with Crippen LogP contribution in [0.5, 0.6) is 0 Å². The molecule has 0 aliphatic carbocycles. The highest BCUT2D eigenvalue weighted by Crippen LogP contribution is 2.28. The van der Waals surface area contributed by atoms with E-state index >= 15 is 0 Å². The number of ether oxygens (including phenoxy) is 1. The summed E-state index contributed by atoms with van der Waals surface area (Å²) < 4.78 is 5.01. The van der Waals surface area contributed by atoms with Gasteiger partial charge in [-0.05, 0) is 56.7 Å². The van der Waals surface area contributed by atoms with E-state index in [4.69, 9.17) is 4.74 Å². The Morgan fingerprint density at radius 3 is 2.52 bits per heavy atom. The van der Waals surface area contributed by atoms with E-state index in [9.17, 15) is 4.79 Å². The van der Waals surface area contributed by atoms with Gasteiger partial charge < -0.3 is 10.1 Å². The maximum Gasteiger partial charge on any atom is 0.338 e. The SMILES string of the molecule is CCOC(=O)c1ccc(Nc2cc(C)nc3c(C)cccc23)cc1.Cl. The topological polar surface area (TPSA) is 51.2 Å². The number of aryl methyl sites for hydroxylation is 2. The Morgan fingerprint density at radius 1 is 1.12 bits per heavy atom. The van der Waals surface area contributed by atoms with Crippen molar-refractivity contribution >= 4 is 40.7 Å². The number of carbonyl (C=O) groups excluding carboxylic acids is 1. The molecule has 130 valence electrons. The highest BCUT2D eigenvalue weighted by molar-refractivity contribution is 5.95. The normalized spacial score (nSPS) is 10.2. The molecule has 2 aromatic carbocycles. The molecule has 1 N–H and O–H groups in total. The average Bonchev–Trinajstić information content (AvgIpc) is 2.57. The first-order valence-corrected chi connectivity index (χ1v) is 7.99. The number of aromatic nitrogens is 1. The summed E-state index contributed by atoms with van der Waals surface area (Å²) in [6, 6.07) is 15.5. The zero-order chi connectivity index (χ0) is 17.1. The van der Waals surface area contributed by atoms with Crippen molar-refractivity contribution in [3.8, 4) is 0 Å². The number of rotatable bonds is 4. The minimum atomic E-state index is -0.301. The van der Waals surface area contributed by atoms with E-state index < -0.39 is 0 Å². The Kier molecular flexibility index (Phi) is 5.99. The number of nitrogens with zero attached hydrogens (tertiary/aromatic N) is 1. The summed E-state index contributed by atoms with van der Waals surface area (Å²) in [5, 5.41) is 4.50. The summed E-state index contributed by atoms with van der Waals surface area (Å²) in [4.78, 5) is 16.4. The summed E-state index contributed by atoms with van der Waals surface area (Å²) in [6.45, 7) is 6.22. The standard InChI is InChI=1S/C20H20N2O2.ClH/c1-4-24-20(23)15-8-10-16(11-9-15)22-18-12-14(3)21-19-13(2)6-5-7-17(18)19;/h5-12H,4H2,1-3H3,(H,21,22);1H. The molecule has 0 aliphatic heterocycles.